The SMILES string of the molecule is CCOc1ccc(C2(CCCc3ccc(F)c(Oc4ccccc4)c3)CC2)cc1. The lowest BCUT2D eigenvalue weighted by atomic mass is 9.89. The van der Waals surface area contributed by atoms with Crippen LogP contribution in [-0.2, 0) is 11.8 Å². The standard InChI is InChI=1S/C26H27FO2/c1-2-28-22-13-11-21(12-14-22)26(17-18-26)16-6-7-20-10-15-24(27)25(19-20)29-23-8-4-3-5-9-23/h3-5,8-15,19H,2,6-7,16-18H2,1H3. The second-order valence-electron chi connectivity index (χ2n) is 7.77. The average molecular weight is 390 g/mol. The molecule has 2 nitrogen and oxygen atoms in total. The van der Waals surface area contributed by atoms with Crippen molar-refractivity contribution in [3.8, 4) is 17.2 Å². The van der Waals surface area contributed by atoms with Crippen LogP contribution >= 0.6 is 0 Å². The molecule has 0 spiro atoms. The third kappa shape index (κ3) is 4.79. The van der Waals surface area contributed by atoms with E-state index in [1.807, 2.05) is 49.4 Å². The van der Waals surface area contributed by atoms with E-state index in [4.69, 9.17) is 9.47 Å². The molecular formula is C26H27FO2. The lowest BCUT2D eigenvalue weighted by Crippen LogP contribution is -2.07. The molecule has 1 aliphatic rings. The predicted molar refractivity (Wildman–Crippen MR) is 114 cm³/mol. The summed E-state index contributed by atoms with van der Waals surface area (Å²) in [5.74, 6) is 1.55. The van der Waals surface area contributed by atoms with Gasteiger partial charge in [-0.15, -0.1) is 0 Å². The zero-order valence-electron chi connectivity index (χ0n) is 16.9. The van der Waals surface area contributed by atoms with E-state index in [9.17, 15) is 4.39 Å². The maximum Gasteiger partial charge on any atom is 0.165 e. The highest BCUT2D eigenvalue weighted by atomic mass is 19.1. The molecule has 0 aliphatic heterocycles. The van der Waals surface area contributed by atoms with Crippen LogP contribution in [0.15, 0.2) is 72.8 Å². The molecule has 3 heteroatoms. The summed E-state index contributed by atoms with van der Waals surface area (Å²) < 4.78 is 25.4. The van der Waals surface area contributed by atoms with Gasteiger partial charge in [-0.2, -0.15) is 0 Å². The van der Waals surface area contributed by atoms with Crippen LogP contribution in [0.5, 0.6) is 17.2 Å². The van der Waals surface area contributed by atoms with E-state index in [1.54, 1.807) is 0 Å². The molecule has 1 saturated carbocycles. The van der Waals surface area contributed by atoms with E-state index in [0.717, 1.165) is 30.6 Å². The second kappa shape index (κ2) is 8.69. The van der Waals surface area contributed by atoms with Crippen LogP contribution in [-0.4, -0.2) is 6.61 Å². The highest BCUT2D eigenvalue weighted by Gasteiger charge is 2.43. The minimum absolute atomic E-state index is 0.293. The number of para-hydroxylation sites is 1. The third-order valence-corrected chi connectivity index (χ3v) is 5.72. The summed E-state index contributed by atoms with van der Waals surface area (Å²) in [5, 5.41) is 0. The van der Waals surface area contributed by atoms with E-state index in [1.165, 1.54) is 24.5 Å². The molecule has 4 rings (SSSR count). The zero-order valence-corrected chi connectivity index (χ0v) is 16.9. The molecular weight excluding hydrogens is 363 g/mol. The number of rotatable bonds is 9. The molecule has 0 saturated heterocycles. The van der Waals surface area contributed by atoms with E-state index in [-0.39, 0.29) is 5.82 Å². The highest BCUT2D eigenvalue weighted by molar-refractivity contribution is 5.37. The summed E-state index contributed by atoms with van der Waals surface area (Å²) in [6.07, 6.45) is 5.63. The number of hydrogen-bond donors (Lipinski definition) is 0. The van der Waals surface area contributed by atoms with E-state index in [0.29, 0.717) is 23.5 Å². The molecule has 0 amide bonds. The maximum absolute atomic E-state index is 14.2. The third-order valence-electron chi connectivity index (χ3n) is 5.72. The molecule has 0 bridgehead atoms. The number of halogens is 1. The van der Waals surface area contributed by atoms with Gasteiger partial charge in [0.05, 0.1) is 6.61 Å². The van der Waals surface area contributed by atoms with Crippen molar-refractivity contribution in [2.24, 2.45) is 0 Å². The summed E-state index contributed by atoms with van der Waals surface area (Å²) in [4.78, 5) is 0. The van der Waals surface area contributed by atoms with E-state index in [2.05, 4.69) is 24.3 Å². The molecule has 0 aromatic heterocycles. The van der Waals surface area contributed by atoms with Crippen LogP contribution in [0.25, 0.3) is 0 Å². The molecule has 150 valence electrons. The summed E-state index contributed by atoms with van der Waals surface area (Å²) in [7, 11) is 0. The van der Waals surface area contributed by atoms with Crippen LogP contribution in [0.2, 0.25) is 0 Å². The Balaban J connectivity index is 1.36. The smallest absolute Gasteiger partial charge is 0.165 e. The summed E-state index contributed by atoms with van der Waals surface area (Å²) in [6, 6.07) is 23.1. The molecule has 0 N–H and O–H groups in total. The molecule has 3 aromatic carbocycles. The van der Waals surface area contributed by atoms with E-state index >= 15 is 0 Å². The normalized spacial score (nSPS) is 14.4. The quantitative estimate of drug-likeness (QED) is 0.389. The van der Waals surface area contributed by atoms with Gasteiger partial charge in [0.15, 0.2) is 11.6 Å². The highest BCUT2D eigenvalue weighted by Crippen LogP contribution is 2.52. The minimum atomic E-state index is -0.328. The molecule has 3 aromatic rings. The maximum atomic E-state index is 14.2. The van der Waals surface area contributed by atoms with Gasteiger partial charge in [0.25, 0.3) is 0 Å². The monoisotopic (exact) mass is 390 g/mol. The number of hydrogen-bond acceptors (Lipinski definition) is 2. The van der Waals surface area contributed by atoms with Gasteiger partial charge >= 0.3 is 0 Å². The Hall–Kier alpha value is -2.81. The fraction of sp³-hybridized carbons (Fsp3) is 0.308. The lowest BCUT2D eigenvalue weighted by molar-refractivity contribution is 0.340. The average Bonchev–Trinajstić information content (AvgIpc) is 3.53. The minimum Gasteiger partial charge on any atom is -0.494 e. The largest absolute Gasteiger partial charge is 0.494 e. The molecule has 0 atom stereocenters. The Kier molecular flexibility index (Phi) is 5.84. The van der Waals surface area contributed by atoms with Gasteiger partial charge in [-0.1, -0.05) is 36.4 Å². The van der Waals surface area contributed by atoms with Gasteiger partial charge in [-0.05, 0) is 92.0 Å². The fourth-order valence-corrected chi connectivity index (χ4v) is 3.93. The lowest BCUT2D eigenvalue weighted by Gasteiger charge is -2.16. The first kappa shape index (κ1) is 19.5. The van der Waals surface area contributed by atoms with Crippen molar-refractivity contribution in [3.63, 3.8) is 0 Å². The molecule has 0 unspecified atom stereocenters. The van der Waals surface area contributed by atoms with Crippen molar-refractivity contribution < 1.29 is 13.9 Å². The van der Waals surface area contributed by atoms with Crippen LogP contribution in [0.1, 0.15) is 43.7 Å². The van der Waals surface area contributed by atoms with Crippen molar-refractivity contribution in [2.75, 3.05) is 6.61 Å². The van der Waals surface area contributed by atoms with Crippen molar-refractivity contribution in [1.82, 2.24) is 0 Å². The Morgan fingerprint density at radius 1 is 0.897 bits per heavy atom. The molecule has 1 aliphatic carbocycles. The van der Waals surface area contributed by atoms with Crippen molar-refractivity contribution in [1.29, 1.82) is 0 Å². The van der Waals surface area contributed by atoms with Gasteiger partial charge in [-0.25, -0.2) is 4.39 Å². The Morgan fingerprint density at radius 2 is 1.66 bits per heavy atom. The summed E-state index contributed by atoms with van der Waals surface area (Å²) in [6.45, 7) is 2.69. The van der Waals surface area contributed by atoms with Crippen molar-refractivity contribution in [2.45, 2.75) is 44.4 Å². The first-order valence-electron chi connectivity index (χ1n) is 10.4. The van der Waals surface area contributed by atoms with E-state index < -0.39 is 0 Å². The molecule has 0 heterocycles. The predicted octanol–water partition coefficient (Wildman–Crippen LogP) is 7.07. The molecule has 29 heavy (non-hydrogen) atoms. The van der Waals surface area contributed by atoms with Crippen LogP contribution in [0, 0.1) is 5.82 Å². The fourth-order valence-electron chi connectivity index (χ4n) is 3.93. The second-order valence-corrected chi connectivity index (χ2v) is 7.77. The first-order chi connectivity index (χ1) is 14.2. The zero-order chi connectivity index (χ0) is 20.1. The molecule has 0 radical (unpaired) electrons. The van der Waals surface area contributed by atoms with Crippen LogP contribution in [0.3, 0.4) is 0 Å². The first-order valence-corrected chi connectivity index (χ1v) is 10.4. The van der Waals surface area contributed by atoms with Gasteiger partial charge < -0.3 is 9.47 Å². The topological polar surface area (TPSA) is 18.5 Å². The Bertz CT molecular complexity index is 931. The molecule has 1 fully saturated rings. The summed E-state index contributed by atoms with van der Waals surface area (Å²) >= 11 is 0. The number of aryl methyl sites for hydroxylation is 1. The number of benzene rings is 3. The van der Waals surface area contributed by atoms with Crippen molar-refractivity contribution in [3.05, 3.63) is 89.7 Å². The van der Waals surface area contributed by atoms with Crippen molar-refractivity contribution >= 4 is 0 Å². The van der Waals surface area contributed by atoms with Gasteiger partial charge in [-0.3, -0.25) is 0 Å². The number of ether oxygens (including phenoxy) is 2. The van der Waals surface area contributed by atoms with Gasteiger partial charge in [0, 0.05) is 0 Å². The van der Waals surface area contributed by atoms with Gasteiger partial charge in [0.2, 0.25) is 0 Å². The Labute approximate surface area is 172 Å². The van der Waals surface area contributed by atoms with Crippen LogP contribution in [0.4, 0.5) is 4.39 Å². The summed E-state index contributed by atoms with van der Waals surface area (Å²) in [5.41, 5.74) is 2.83. The van der Waals surface area contributed by atoms with Crippen LogP contribution < -0.4 is 9.47 Å². The Morgan fingerprint density at radius 3 is 2.34 bits per heavy atom. The van der Waals surface area contributed by atoms with Gasteiger partial charge in [0.1, 0.15) is 11.5 Å².